The van der Waals surface area contributed by atoms with Gasteiger partial charge >= 0.3 is 0 Å². The van der Waals surface area contributed by atoms with Crippen LogP contribution in [0.25, 0.3) is 0 Å². The van der Waals surface area contributed by atoms with E-state index in [4.69, 9.17) is 5.11 Å². The van der Waals surface area contributed by atoms with E-state index in [1.807, 2.05) is 6.08 Å². The average Bonchev–Trinajstić information content (AvgIpc) is 1.30. The second-order valence-electron chi connectivity index (χ2n) is 1.07. The van der Waals surface area contributed by atoms with Crippen molar-refractivity contribution in [3.05, 3.63) is 18.6 Å². The van der Waals surface area contributed by atoms with Crippen LogP contribution >= 0.6 is 0 Å². The Hall–Kier alpha value is -0.300. The molecule has 1 rings (SSSR count). The first-order valence-corrected chi connectivity index (χ1v) is 1.59. The van der Waals surface area contributed by atoms with Gasteiger partial charge in [-0.1, -0.05) is 12.2 Å². The first kappa shape index (κ1) is 2.91. The predicted molar refractivity (Wildman–Crippen MR) is 19.4 cm³/mol. The van der Waals surface area contributed by atoms with E-state index in [0.29, 0.717) is 0 Å². The zero-order valence-corrected chi connectivity index (χ0v) is 2.76. The molecule has 1 N–H and O–H groups in total. The summed E-state index contributed by atoms with van der Waals surface area (Å²) < 4.78 is 0. The van der Waals surface area contributed by atoms with Crippen LogP contribution in [-0.2, 0) is 0 Å². The van der Waals surface area contributed by atoms with Gasteiger partial charge < -0.3 is 5.11 Å². The molecule has 1 unspecified atom stereocenters. The molecule has 0 aromatic carbocycles. The Kier molecular flexibility index (Phi) is 0.484. The number of rotatable bonds is 0. The van der Waals surface area contributed by atoms with Gasteiger partial charge in [0.05, 0.1) is 6.10 Å². The fourth-order valence-electron chi connectivity index (χ4n) is 0.210. The van der Waals surface area contributed by atoms with Crippen molar-refractivity contribution >= 4 is 0 Å². The van der Waals surface area contributed by atoms with Crippen LogP contribution in [0.1, 0.15) is 0 Å². The van der Waals surface area contributed by atoms with Gasteiger partial charge in [0.15, 0.2) is 0 Å². The van der Waals surface area contributed by atoms with Crippen molar-refractivity contribution in [1.82, 2.24) is 0 Å². The molecule has 0 amide bonds. The Labute approximate surface area is 30.9 Å². The van der Waals surface area contributed by atoms with Crippen LogP contribution in [0.5, 0.6) is 0 Å². The standard InChI is InChI=1S/C4H5O/c5-4-2-1-3-4/h1-5H. The van der Waals surface area contributed by atoms with Gasteiger partial charge in [0, 0.05) is 6.42 Å². The van der Waals surface area contributed by atoms with E-state index in [1.165, 1.54) is 0 Å². The van der Waals surface area contributed by atoms with E-state index in [0.717, 1.165) is 0 Å². The molecule has 0 saturated heterocycles. The summed E-state index contributed by atoms with van der Waals surface area (Å²) in [6.07, 6.45) is 5.03. The summed E-state index contributed by atoms with van der Waals surface area (Å²) in [5, 5.41) is 8.31. The monoisotopic (exact) mass is 69.0 g/mol. The predicted octanol–water partition coefficient (Wildman–Crippen LogP) is 0.121. The van der Waals surface area contributed by atoms with Crippen LogP contribution in [0, 0.1) is 6.42 Å². The number of hydrogen-bond acceptors (Lipinski definition) is 1. The van der Waals surface area contributed by atoms with Crippen LogP contribution in [-0.4, -0.2) is 11.2 Å². The molecule has 27 valence electrons. The third-order valence-corrected chi connectivity index (χ3v) is 0.617. The molecule has 0 aromatic heterocycles. The summed E-state index contributed by atoms with van der Waals surface area (Å²) in [5.41, 5.74) is 0. The Balaban J connectivity index is 2.39. The molecule has 5 heavy (non-hydrogen) atoms. The summed E-state index contributed by atoms with van der Waals surface area (Å²) in [6, 6.07) is 0. The molecule has 1 aliphatic rings. The molecule has 0 aromatic rings. The molecule has 0 bridgehead atoms. The Morgan fingerprint density at radius 1 is 1.60 bits per heavy atom. The highest BCUT2D eigenvalue weighted by atomic mass is 16.3. The van der Waals surface area contributed by atoms with E-state index in [-0.39, 0.29) is 6.10 Å². The van der Waals surface area contributed by atoms with Crippen molar-refractivity contribution in [3.63, 3.8) is 0 Å². The molecule has 0 fully saturated rings. The van der Waals surface area contributed by atoms with E-state index in [9.17, 15) is 0 Å². The highest BCUT2D eigenvalue weighted by Crippen LogP contribution is 2.02. The van der Waals surface area contributed by atoms with Crippen molar-refractivity contribution in [2.24, 2.45) is 0 Å². The quantitative estimate of drug-likeness (QED) is 0.428. The minimum Gasteiger partial charge on any atom is -0.388 e. The topological polar surface area (TPSA) is 20.2 Å². The summed E-state index contributed by atoms with van der Waals surface area (Å²) in [6.45, 7) is 0. The van der Waals surface area contributed by atoms with Gasteiger partial charge in [-0.25, -0.2) is 0 Å². The number of aliphatic hydroxyl groups is 1. The molecular weight excluding hydrogens is 64.0 g/mol. The minimum absolute atomic E-state index is 0.241. The lowest BCUT2D eigenvalue weighted by Gasteiger charge is -2.06. The van der Waals surface area contributed by atoms with E-state index in [1.54, 1.807) is 12.5 Å². The average molecular weight is 69.1 g/mol. The normalized spacial score (nSPS) is 33.4. The van der Waals surface area contributed by atoms with Crippen molar-refractivity contribution < 1.29 is 5.11 Å². The smallest absolute Gasteiger partial charge is 0.0790 e. The van der Waals surface area contributed by atoms with Gasteiger partial charge in [0.2, 0.25) is 0 Å². The third kappa shape index (κ3) is 0.329. The SMILES string of the molecule is OC1[CH]C=C1. The van der Waals surface area contributed by atoms with Gasteiger partial charge in [-0.05, 0) is 0 Å². The Morgan fingerprint density at radius 3 is 2.00 bits per heavy atom. The van der Waals surface area contributed by atoms with Crippen molar-refractivity contribution in [2.75, 3.05) is 0 Å². The van der Waals surface area contributed by atoms with E-state index >= 15 is 0 Å². The van der Waals surface area contributed by atoms with Gasteiger partial charge in [-0.2, -0.15) is 0 Å². The molecular formula is C4H5O. The van der Waals surface area contributed by atoms with Gasteiger partial charge in [0.1, 0.15) is 0 Å². The second-order valence-corrected chi connectivity index (χ2v) is 1.07. The summed E-state index contributed by atoms with van der Waals surface area (Å²) in [7, 11) is 0. The molecule has 1 radical (unpaired) electrons. The van der Waals surface area contributed by atoms with Gasteiger partial charge in [-0.3, -0.25) is 0 Å². The van der Waals surface area contributed by atoms with Crippen molar-refractivity contribution in [3.8, 4) is 0 Å². The maximum absolute atomic E-state index is 8.31. The van der Waals surface area contributed by atoms with Gasteiger partial charge in [-0.15, -0.1) is 0 Å². The molecule has 0 aliphatic heterocycles. The first-order chi connectivity index (χ1) is 2.39. The fourth-order valence-corrected chi connectivity index (χ4v) is 0.210. The first-order valence-electron chi connectivity index (χ1n) is 1.59. The van der Waals surface area contributed by atoms with Crippen LogP contribution in [0.15, 0.2) is 12.2 Å². The number of hydrogen-bond donors (Lipinski definition) is 1. The fraction of sp³-hybridized carbons (Fsp3) is 0.250. The Morgan fingerprint density at radius 2 is 2.00 bits per heavy atom. The number of aliphatic hydroxyl groups excluding tert-OH is 1. The molecule has 1 heteroatoms. The summed E-state index contributed by atoms with van der Waals surface area (Å²) >= 11 is 0. The van der Waals surface area contributed by atoms with Crippen LogP contribution in [0.3, 0.4) is 0 Å². The largest absolute Gasteiger partial charge is 0.388 e. The highest BCUT2D eigenvalue weighted by Gasteiger charge is 2.01. The zero-order valence-electron chi connectivity index (χ0n) is 2.76. The lowest BCUT2D eigenvalue weighted by Crippen LogP contribution is -2.07. The zero-order chi connectivity index (χ0) is 3.70. The lowest BCUT2D eigenvalue weighted by molar-refractivity contribution is 0.248. The van der Waals surface area contributed by atoms with Crippen LogP contribution in [0.4, 0.5) is 0 Å². The molecule has 1 nitrogen and oxygen atoms in total. The van der Waals surface area contributed by atoms with Crippen LogP contribution < -0.4 is 0 Å². The molecule has 0 heterocycles. The minimum atomic E-state index is -0.241. The summed E-state index contributed by atoms with van der Waals surface area (Å²) in [5.74, 6) is 0. The highest BCUT2D eigenvalue weighted by molar-refractivity contribution is 5.17. The second kappa shape index (κ2) is 0.830. The van der Waals surface area contributed by atoms with Crippen LogP contribution in [0.2, 0.25) is 0 Å². The van der Waals surface area contributed by atoms with Crippen molar-refractivity contribution in [1.29, 1.82) is 0 Å². The van der Waals surface area contributed by atoms with Gasteiger partial charge in [0.25, 0.3) is 0 Å². The Bertz CT molecular complexity index is 56.7. The molecule has 0 saturated carbocycles. The maximum Gasteiger partial charge on any atom is 0.0790 e. The summed E-state index contributed by atoms with van der Waals surface area (Å²) in [4.78, 5) is 0. The molecule has 1 aliphatic carbocycles. The van der Waals surface area contributed by atoms with E-state index < -0.39 is 0 Å². The molecule has 1 atom stereocenters. The third-order valence-electron chi connectivity index (χ3n) is 0.617. The lowest BCUT2D eigenvalue weighted by atomic mass is 10.1. The van der Waals surface area contributed by atoms with Crippen molar-refractivity contribution in [2.45, 2.75) is 6.10 Å². The van der Waals surface area contributed by atoms with E-state index in [2.05, 4.69) is 0 Å². The maximum atomic E-state index is 8.31. The molecule has 0 spiro atoms.